The standard InChI is InChI=1S/C64H66O11/c1-2-38-66-63-61(71-44-53-34-20-8-21-35-53)60(70-43-52-32-18-7-19-33-52)58(68-41-50-28-14-5-15-29-50)56(75-63)47-73-64-62(72-45-54-36-22-9-23-37-54)59(69-42-51-30-16-6-17-31-51)57(67-40-49-26-12-4-13-27-49)55(74-64)46-65-39-48-24-10-3-11-25-48/h1,3-37,55-64H,38-47H2/t55-,56-,57-,58-,59+,60+,61+,62+,63+,64+/m1/s1. The van der Waals surface area contributed by atoms with Gasteiger partial charge in [-0.1, -0.05) is 218 Å². The summed E-state index contributed by atoms with van der Waals surface area (Å²) in [4.78, 5) is 0. The summed E-state index contributed by atoms with van der Waals surface area (Å²) >= 11 is 0. The highest BCUT2D eigenvalue weighted by Crippen LogP contribution is 2.35. The number of terminal acetylenes is 1. The fraction of sp³-hybridized carbons (Fsp3) is 0.312. The molecule has 0 amide bonds. The van der Waals surface area contributed by atoms with Crippen molar-refractivity contribution in [3.8, 4) is 12.3 Å². The van der Waals surface area contributed by atoms with Crippen molar-refractivity contribution < 1.29 is 52.1 Å². The van der Waals surface area contributed by atoms with Crippen LogP contribution in [0.1, 0.15) is 38.9 Å². The largest absolute Gasteiger partial charge is 0.374 e. The van der Waals surface area contributed by atoms with Crippen LogP contribution in [0.15, 0.2) is 212 Å². The van der Waals surface area contributed by atoms with Crippen LogP contribution < -0.4 is 0 Å². The summed E-state index contributed by atoms with van der Waals surface area (Å²) in [6.07, 6.45) is -2.15. The third-order valence-corrected chi connectivity index (χ3v) is 13.0. The average molecular weight is 1010 g/mol. The molecular formula is C64H66O11. The third-order valence-electron chi connectivity index (χ3n) is 13.0. The van der Waals surface area contributed by atoms with E-state index in [-0.39, 0.29) is 52.9 Å². The zero-order valence-electron chi connectivity index (χ0n) is 42.1. The normalized spacial score (nSPS) is 23.6. The first-order chi connectivity index (χ1) is 37.2. The molecule has 7 aromatic rings. The van der Waals surface area contributed by atoms with Gasteiger partial charge >= 0.3 is 0 Å². The molecule has 11 heteroatoms. The molecule has 0 unspecified atom stereocenters. The highest BCUT2D eigenvalue weighted by Gasteiger charge is 2.52. The first kappa shape index (κ1) is 53.5. The second kappa shape index (κ2) is 29.1. The molecule has 11 nitrogen and oxygen atoms in total. The Kier molecular flexibility index (Phi) is 20.7. The van der Waals surface area contributed by atoms with Crippen molar-refractivity contribution in [1.29, 1.82) is 0 Å². The van der Waals surface area contributed by atoms with Gasteiger partial charge in [0, 0.05) is 0 Å². The quantitative estimate of drug-likeness (QED) is 0.0460. The van der Waals surface area contributed by atoms with Crippen molar-refractivity contribution in [3.63, 3.8) is 0 Å². The van der Waals surface area contributed by atoms with Gasteiger partial charge in [0.2, 0.25) is 0 Å². The van der Waals surface area contributed by atoms with E-state index in [9.17, 15) is 0 Å². The lowest BCUT2D eigenvalue weighted by Crippen LogP contribution is -2.64. The maximum absolute atomic E-state index is 7.11. The Balaban J connectivity index is 1.06. The molecule has 0 N–H and O–H groups in total. The zero-order valence-corrected chi connectivity index (χ0v) is 42.1. The topological polar surface area (TPSA) is 102 Å². The molecule has 2 heterocycles. The molecule has 75 heavy (non-hydrogen) atoms. The van der Waals surface area contributed by atoms with E-state index in [1.165, 1.54) is 0 Å². The van der Waals surface area contributed by atoms with Crippen LogP contribution in [0.4, 0.5) is 0 Å². The minimum Gasteiger partial charge on any atom is -0.374 e. The van der Waals surface area contributed by atoms with Gasteiger partial charge in [0.15, 0.2) is 12.6 Å². The summed E-state index contributed by atoms with van der Waals surface area (Å²) < 4.78 is 75.6. The van der Waals surface area contributed by atoms with Crippen molar-refractivity contribution in [3.05, 3.63) is 251 Å². The summed E-state index contributed by atoms with van der Waals surface area (Å²) in [5.74, 6) is 2.62. The Morgan fingerprint density at radius 1 is 0.293 bits per heavy atom. The summed E-state index contributed by atoms with van der Waals surface area (Å²) in [5, 5.41) is 0. The van der Waals surface area contributed by atoms with Crippen molar-refractivity contribution in [1.82, 2.24) is 0 Å². The number of rotatable bonds is 27. The van der Waals surface area contributed by atoms with Crippen LogP contribution in [0.5, 0.6) is 0 Å². The lowest BCUT2D eigenvalue weighted by molar-refractivity contribution is -0.352. The van der Waals surface area contributed by atoms with Crippen LogP contribution in [-0.4, -0.2) is 81.2 Å². The van der Waals surface area contributed by atoms with Crippen molar-refractivity contribution in [2.45, 2.75) is 108 Å². The molecule has 388 valence electrons. The molecule has 2 aliphatic heterocycles. The SMILES string of the molecule is C#CCO[C@H]1O[C@H](CO[C@H]2O[C@H](COCc3ccccc3)[C@@H](OCc3ccccc3)[C@H](OCc3ccccc3)[C@@H]2OCc2ccccc2)[C@@H](OCc2ccccc2)[C@H](OCc2ccccc2)[C@@H]1OCc1ccccc1. The Labute approximate surface area is 441 Å². The molecule has 0 saturated carbocycles. The van der Waals surface area contributed by atoms with Gasteiger partial charge in [0.05, 0.1) is 59.5 Å². The van der Waals surface area contributed by atoms with E-state index in [2.05, 4.69) is 5.92 Å². The van der Waals surface area contributed by atoms with E-state index in [0.717, 1.165) is 38.9 Å². The molecule has 9 rings (SSSR count). The van der Waals surface area contributed by atoms with Gasteiger partial charge in [-0.05, 0) is 38.9 Å². The lowest BCUT2D eigenvalue weighted by Gasteiger charge is -2.48. The van der Waals surface area contributed by atoms with Crippen LogP contribution in [0.25, 0.3) is 0 Å². The second-order valence-corrected chi connectivity index (χ2v) is 18.5. The van der Waals surface area contributed by atoms with E-state index in [1.54, 1.807) is 0 Å². The molecule has 7 aromatic carbocycles. The van der Waals surface area contributed by atoms with E-state index in [0.29, 0.717) is 13.2 Å². The molecule has 0 spiro atoms. The molecule has 2 fully saturated rings. The van der Waals surface area contributed by atoms with E-state index < -0.39 is 61.4 Å². The Morgan fingerprint density at radius 3 is 0.880 bits per heavy atom. The van der Waals surface area contributed by atoms with Gasteiger partial charge in [-0.25, -0.2) is 0 Å². The summed E-state index contributed by atoms with van der Waals surface area (Å²) in [6.45, 7) is 1.98. The van der Waals surface area contributed by atoms with Crippen molar-refractivity contribution in [2.75, 3.05) is 19.8 Å². The van der Waals surface area contributed by atoms with E-state index in [1.807, 2.05) is 212 Å². The molecule has 10 atom stereocenters. The van der Waals surface area contributed by atoms with Gasteiger partial charge < -0.3 is 52.1 Å². The minimum absolute atomic E-state index is 0.0407. The fourth-order valence-corrected chi connectivity index (χ4v) is 9.22. The smallest absolute Gasteiger partial charge is 0.188 e. The van der Waals surface area contributed by atoms with Crippen LogP contribution in [0.2, 0.25) is 0 Å². The van der Waals surface area contributed by atoms with Crippen LogP contribution >= 0.6 is 0 Å². The van der Waals surface area contributed by atoms with Crippen LogP contribution in [0, 0.1) is 12.3 Å². The molecule has 0 radical (unpaired) electrons. The third kappa shape index (κ3) is 16.1. The monoisotopic (exact) mass is 1010 g/mol. The highest BCUT2D eigenvalue weighted by molar-refractivity contribution is 5.19. The lowest BCUT2D eigenvalue weighted by atomic mass is 9.96. The maximum atomic E-state index is 7.11. The predicted molar refractivity (Wildman–Crippen MR) is 284 cm³/mol. The molecule has 2 aliphatic rings. The van der Waals surface area contributed by atoms with Gasteiger partial charge in [0.25, 0.3) is 0 Å². The first-order valence-electron chi connectivity index (χ1n) is 25.7. The van der Waals surface area contributed by atoms with Gasteiger partial charge in [0.1, 0.15) is 55.4 Å². The fourth-order valence-electron chi connectivity index (χ4n) is 9.22. The van der Waals surface area contributed by atoms with Crippen LogP contribution in [0.3, 0.4) is 0 Å². The molecule has 2 saturated heterocycles. The number of benzene rings is 7. The Morgan fingerprint density at radius 2 is 0.560 bits per heavy atom. The number of hydrogen-bond donors (Lipinski definition) is 0. The Hall–Kier alpha value is -6.34. The van der Waals surface area contributed by atoms with Gasteiger partial charge in [-0.15, -0.1) is 6.42 Å². The zero-order chi connectivity index (χ0) is 51.1. The maximum Gasteiger partial charge on any atom is 0.188 e. The van der Waals surface area contributed by atoms with Crippen molar-refractivity contribution in [2.24, 2.45) is 0 Å². The van der Waals surface area contributed by atoms with E-state index >= 15 is 0 Å². The number of hydrogen-bond acceptors (Lipinski definition) is 11. The molecule has 0 bridgehead atoms. The van der Waals surface area contributed by atoms with Gasteiger partial charge in [-0.2, -0.15) is 0 Å². The van der Waals surface area contributed by atoms with Crippen molar-refractivity contribution >= 4 is 0 Å². The number of ether oxygens (including phenoxy) is 11. The summed E-state index contributed by atoms with van der Waals surface area (Å²) in [7, 11) is 0. The summed E-state index contributed by atoms with van der Waals surface area (Å²) in [6, 6.07) is 70.1. The molecular weight excluding hydrogens is 945 g/mol. The molecule has 0 aliphatic carbocycles. The first-order valence-corrected chi connectivity index (χ1v) is 25.7. The van der Waals surface area contributed by atoms with Gasteiger partial charge in [-0.3, -0.25) is 0 Å². The second-order valence-electron chi connectivity index (χ2n) is 18.5. The highest BCUT2D eigenvalue weighted by atomic mass is 16.8. The average Bonchev–Trinajstić information content (AvgIpc) is 3.47. The Bertz CT molecular complexity index is 2680. The van der Waals surface area contributed by atoms with Crippen LogP contribution in [-0.2, 0) is 98.4 Å². The predicted octanol–water partition coefficient (Wildman–Crippen LogP) is 10.8. The van der Waals surface area contributed by atoms with E-state index in [4.69, 9.17) is 58.5 Å². The summed E-state index contributed by atoms with van der Waals surface area (Å²) in [5.41, 5.74) is 6.88. The minimum atomic E-state index is -1.03. The molecule has 0 aromatic heterocycles.